The first kappa shape index (κ1) is 16.1. The number of nitrogens with zero attached hydrogens (tertiary/aromatic N) is 1. The van der Waals surface area contributed by atoms with Crippen LogP contribution in [0.5, 0.6) is 0 Å². The maximum Gasteiger partial charge on any atom is 0.320 e. The average molecular weight is 243 g/mol. The Labute approximate surface area is 104 Å². The van der Waals surface area contributed by atoms with E-state index in [1.54, 1.807) is 19.9 Å². The van der Waals surface area contributed by atoms with E-state index < -0.39 is 5.60 Å². The molecule has 0 heterocycles. The van der Waals surface area contributed by atoms with Crippen molar-refractivity contribution in [1.82, 2.24) is 4.90 Å². The number of carbonyl (C=O) groups excluding carboxylic acids is 1. The fourth-order valence-electron chi connectivity index (χ4n) is 1.39. The molecule has 0 aliphatic carbocycles. The second kappa shape index (κ2) is 7.45. The van der Waals surface area contributed by atoms with Gasteiger partial charge in [-0.25, -0.2) is 0 Å². The number of hydrogen-bond donors (Lipinski definition) is 1. The van der Waals surface area contributed by atoms with Crippen LogP contribution in [0.15, 0.2) is 12.7 Å². The molecular formula is C13H25NO3. The summed E-state index contributed by atoms with van der Waals surface area (Å²) in [6.07, 6.45) is 1.72. The maximum absolute atomic E-state index is 11.4. The van der Waals surface area contributed by atoms with Gasteiger partial charge >= 0.3 is 5.97 Å². The lowest BCUT2D eigenvalue weighted by molar-refractivity contribution is -0.145. The van der Waals surface area contributed by atoms with Crippen molar-refractivity contribution in [1.29, 1.82) is 0 Å². The fraction of sp³-hybridized carbons (Fsp3) is 0.769. The second-order valence-electron chi connectivity index (χ2n) is 4.78. The fourth-order valence-corrected chi connectivity index (χ4v) is 1.39. The SMILES string of the molecule is C=CCN(CC(=O)OCC)CC(C)(O)C(C)C. The van der Waals surface area contributed by atoms with Crippen LogP contribution in [0.25, 0.3) is 0 Å². The van der Waals surface area contributed by atoms with Gasteiger partial charge in [0.1, 0.15) is 0 Å². The lowest BCUT2D eigenvalue weighted by atomic mass is 9.92. The molecule has 0 radical (unpaired) electrons. The summed E-state index contributed by atoms with van der Waals surface area (Å²) in [5, 5.41) is 10.2. The minimum atomic E-state index is -0.824. The van der Waals surface area contributed by atoms with Crippen LogP contribution >= 0.6 is 0 Å². The van der Waals surface area contributed by atoms with Crippen molar-refractivity contribution in [2.24, 2.45) is 5.92 Å². The Morgan fingerprint density at radius 1 is 1.59 bits per heavy atom. The molecule has 0 aliphatic heterocycles. The standard InChI is InChI=1S/C13H25NO3/c1-6-8-14(9-12(15)17-7-2)10-13(5,16)11(3)4/h6,11,16H,1,7-10H2,2-5H3. The van der Waals surface area contributed by atoms with Crippen LogP contribution in [0.4, 0.5) is 0 Å². The van der Waals surface area contributed by atoms with Crippen molar-refractivity contribution < 1.29 is 14.6 Å². The third-order valence-electron chi connectivity index (χ3n) is 2.83. The van der Waals surface area contributed by atoms with Crippen LogP contribution < -0.4 is 0 Å². The molecule has 0 amide bonds. The molecule has 0 aromatic carbocycles. The van der Waals surface area contributed by atoms with E-state index in [9.17, 15) is 9.90 Å². The normalized spacial score (nSPS) is 14.8. The molecule has 0 aliphatic rings. The lowest BCUT2D eigenvalue weighted by Crippen LogP contribution is -2.46. The van der Waals surface area contributed by atoms with Gasteiger partial charge in [0.25, 0.3) is 0 Å². The third kappa shape index (κ3) is 6.44. The van der Waals surface area contributed by atoms with Crippen LogP contribution in [-0.2, 0) is 9.53 Å². The molecule has 0 saturated carbocycles. The Bertz CT molecular complexity index is 249. The van der Waals surface area contributed by atoms with Gasteiger partial charge in [-0.15, -0.1) is 6.58 Å². The minimum absolute atomic E-state index is 0.122. The van der Waals surface area contributed by atoms with E-state index in [2.05, 4.69) is 6.58 Å². The Balaban J connectivity index is 4.42. The van der Waals surface area contributed by atoms with Crippen LogP contribution in [-0.4, -0.2) is 47.8 Å². The predicted molar refractivity (Wildman–Crippen MR) is 68.7 cm³/mol. The van der Waals surface area contributed by atoms with Gasteiger partial charge in [-0.05, 0) is 19.8 Å². The zero-order valence-corrected chi connectivity index (χ0v) is 11.4. The topological polar surface area (TPSA) is 49.8 Å². The number of aliphatic hydroxyl groups is 1. The van der Waals surface area contributed by atoms with Crippen LogP contribution in [0.1, 0.15) is 27.7 Å². The number of esters is 1. The zero-order valence-electron chi connectivity index (χ0n) is 11.4. The molecular weight excluding hydrogens is 218 g/mol. The van der Waals surface area contributed by atoms with Crippen molar-refractivity contribution >= 4 is 5.97 Å². The highest BCUT2D eigenvalue weighted by Crippen LogP contribution is 2.17. The molecule has 4 nitrogen and oxygen atoms in total. The Kier molecular flexibility index (Phi) is 7.07. The summed E-state index contributed by atoms with van der Waals surface area (Å²) in [6.45, 7) is 12.7. The predicted octanol–water partition coefficient (Wildman–Crippen LogP) is 1.44. The summed E-state index contributed by atoms with van der Waals surface area (Å²) in [5.74, 6) is -0.147. The molecule has 0 aromatic heterocycles. The van der Waals surface area contributed by atoms with Gasteiger partial charge in [-0.1, -0.05) is 19.9 Å². The molecule has 0 rings (SSSR count). The van der Waals surface area contributed by atoms with Crippen LogP contribution in [0, 0.1) is 5.92 Å². The molecule has 0 saturated heterocycles. The number of hydrogen-bond acceptors (Lipinski definition) is 4. The molecule has 1 atom stereocenters. The Morgan fingerprint density at radius 2 is 2.18 bits per heavy atom. The lowest BCUT2D eigenvalue weighted by Gasteiger charge is -2.33. The highest BCUT2D eigenvalue weighted by molar-refractivity contribution is 5.71. The highest BCUT2D eigenvalue weighted by atomic mass is 16.5. The van der Waals surface area contributed by atoms with Crippen molar-refractivity contribution in [3.8, 4) is 0 Å². The molecule has 0 spiro atoms. The van der Waals surface area contributed by atoms with Crippen molar-refractivity contribution in [2.45, 2.75) is 33.3 Å². The first-order valence-corrected chi connectivity index (χ1v) is 6.04. The molecule has 1 unspecified atom stereocenters. The van der Waals surface area contributed by atoms with Crippen LogP contribution in [0.3, 0.4) is 0 Å². The molecule has 100 valence electrons. The number of rotatable bonds is 8. The van der Waals surface area contributed by atoms with E-state index >= 15 is 0 Å². The summed E-state index contributed by atoms with van der Waals surface area (Å²) in [4.78, 5) is 13.2. The average Bonchev–Trinajstić information content (AvgIpc) is 2.17. The van der Waals surface area contributed by atoms with Gasteiger partial charge in [-0.3, -0.25) is 9.69 Å². The smallest absolute Gasteiger partial charge is 0.320 e. The summed E-state index contributed by atoms with van der Waals surface area (Å²) in [5.41, 5.74) is -0.824. The van der Waals surface area contributed by atoms with E-state index in [4.69, 9.17) is 4.74 Å². The van der Waals surface area contributed by atoms with Crippen molar-refractivity contribution in [2.75, 3.05) is 26.2 Å². The Morgan fingerprint density at radius 3 is 2.59 bits per heavy atom. The number of carbonyl (C=O) groups is 1. The molecule has 0 bridgehead atoms. The minimum Gasteiger partial charge on any atom is -0.465 e. The Hall–Kier alpha value is -0.870. The van der Waals surface area contributed by atoms with E-state index in [0.717, 1.165) is 0 Å². The summed E-state index contributed by atoms with van der Waals surface area (Å²) in [7, 11) is 0. The molecule has 4 heteroatoms. The quantitative estimate of drug-likeness (QED) is 0.518. The van der Waals surface area contributed by atoms with Gasteiger partial charge < -0.3 is 9.84 Å². The van der Waals surface area contributed by atoms with Gasteiger partial charge in [0, 0.05) is 13.1 Å². The van der Waals surface area contributed by atoms with E-state index in [1.165, 1.54) is 0 Å². The number of ether oxygens (including phenoxy) is 1. The van der Waals surface area contributed by atoms with Gasteiger partial charge in [-0.2, -0.15) is 0 Å². The van der Waals surface area contributed by atoms with Crippen LogP contribution in [0.2, 0.25) is 0 Å². The van der Waals surface area contributed by atoms with E-state index in [0.29, 0.717) is 19.7 Å². The zero-order chi connectivity index (χ0) is 13.5. The van der Waals surface area contributed by atoms with Crippen molar-refractivity contribution in [3.63, 3.8) is 0 Å². The molecule has 1 N–H and O–H groups in total. The van der Waals surface area contributed by atoms with Gasteiger partial charge in [0.15, 0.2) is 0 Å². The largest absolute Gasteiger partial charge is 0.465 e. The highest BCUT2D eigenvalue weighted by Gasteiger charge is 2.28. The maximum atomic E-state index is 11.4. The van der Waals surface area contributed by atoms with E-state index in [-0.39, 0.29) is 18.4 Å². The third-order valence-corrected chi connectivity index (χ3v) is 2.83. The summed E-state index contributed by atoms with van der Waals surface area (Å²) >= 11 is 0. The summed E-state index contributed by atoms with van der Waals surface area (Å²) in [6, 6.07) is 0. The first-order chi connectivity index (χ1) is 7.83. The monoisotopic (exact) mass is 243 g/mol. The van der Waals surface area contributed by atoms with Crippen molar-refractivity contribution in [3.05, 3.63) is 12.7 Å². The van der Waals surface area contributed by atoms with E-state index in [1.807, 2.05) is 18.7 Å². The summed E-state index contributed by atoms with van der Waals surface area (Å²) < 4.78 is 4.90. The molecule has 0 aromatic rings. The van der Waals surface area contributed by atoms with Gasteiger partial charge in [0.05, 0.1) is 18.8 Å². The second-order valence-corrected chi connectivity index (χ2v) is 4.78. The molecule has 0 fully saturated rings. The first-order valence-electron chi connectivity index (χ1n) is 6.04. The van der Waals surface area contributed by atoms with Gasteiger partial charge in [0.2, 0.25) is 0 Å². The molecule has 17 heavy (non-hydrogen) atoms.